The number of phenols is 1. The predicted octanol–water partition coefficient (Wildman–Crippen LogP) is 4.13. The monoisotopic (exact) mass is 292 g/mol. The zero-order chi connectivity index (χ0) is 13.4. The van der Waals surface area contributed by atoms with Gasteiger partial charge in [-0.15, -0.1) is 11.3 Å². The number of aromatic hydroxyl groups is 1. The van der Waals surface area contributed by atoms with Gasteiger partial charge in [0.15, 0.2) is 0 Å². The Morgan fingerprint density at radius 3 is 2.63 bits per heavy atom. The second kappa shape index (κ2) is 4.68. The summed E-state index contributed by atoms with van der Waals surface area (Å²) in [6.45, 7) is 1.93. The third-order valence-corrected chi connectivity index (χ3v) is 4.33. The van der Waals surface area contributed by atoms with E-state index < -0.39 is 0 Å². The molecule has 0 amide bonds. The molecule has 0 aliphatic heterocycles. The molecule has 0 unspecified atom stereocenters. The number of halogens is 1. The van der Waals surface area contributed by atoms with E-state index >= 15 is 0 Å². The molecule has 0 radical (unpaired) electrons. The first-order valence-corrected chi connectivity index (χ1v) is 6.78. The van der Waals surface area contributed by atoms with E-state index in [1.54, 1.807) is 24.3 Å². The summed E-state index contributed by atoms with van der Waals surface area (Å²) in [4.78, 5) is 5.10. The molecule has 6 heteroatoms. The molecule has 4 nitrogen and oxygen atoms in total. The van der Waals surface area contributed by atoms with E-state index in [2.05, 4.69) is 10.1 Å². The van der Waals surface area contributed by atoms with Crippen molar-refractivity contribution in [1.82, 2.24) is 10.1 Å². The molecule has 19 heavy (non-hydrogen) atoms. The zero-order valence-corrected chi connectivity index (χ0v) is 11.5. The zero-order valence-electron chi connectivity index (χ0n) is 9.92. The van der Waals surface area contributed by atoms with Crippen molar-refractivity contribution in [3.8, 4) is 27.9 Å². The van der Waals surface area contributed by atoms with Crippen molar-refractivity contribution < 1.29 is 9.63 Å². The SMILES string of the molecule is Cc1csc(-c2nc(-c3ccc(O)cc3)no2)c1Cl. The summed E-state index contributed by atoms with van der Waals surface area (Å²) < 4.78 is 5.23. The van der Waals surface area contributed by atoms with Crippen LogP contribution < -0.4 is 0 Å². The molecule has 3 rings (SSSR count). The average molecular weight is 293 g/mol. The molecule has 3 aromatic rings. The quantitative estimate of drug-likeness (QED) is 0.771. The van der Waals surface area contributed by atoms with Crippen LogP contribution in [0.1, 0.15) is 5.56 Å². The molecular weight excluding hydrogens is 284 g/mol. The van der Waals surface area contributed by atoms with Crippen LogP contribution in [0.15, 0.2) is 34.2 Å². The van der Waals surface area contributed by atoms with E-state index in [1.165, 1.54) is 11.3 Å². The van der Waals surface area contributed by atoms with Gasteiger partial charge >= 0.3 is 0 Å². The normalized spacial score (nSPS) is 10.8. The van der Waals surface area contributed by atoms with Crippen molar-refractivity contribution in [1.29, 1.82) is 0 Å². The van der Waals surface area contributed by atoms with Crippen molar-refractivity contribution in [2.75, 3.05) is 0 Å². The van der Waals surface area contributed by atoms with Gasteiger partial charge in [-0.3, -0.25) is 0 Å². The molecular formula is C13H9ClN2O2S. The van der Waals surface area contributed by atoms with Crippen molar-refractivity contribution in [2.24, 2.45) is 0 Å². The van der Waals surface area contributed by atoms with Gasteiger partial charge in [-0.05, 0) is 42.1 Å². The van der Waals surface area contributed by atoms with Crippen LogP contribution in [0.3, 0.4) is 0 Å². The lowest BCUT2D eigenvalue weighted by molar-refractivity contribution is 0.433. The van der Waals surface area contributed by atoms with E-state index in [4.69, 9.17) is 16.1 Å². The minimum Gasteiger partial charge on any atom is -0.508 e. The molecule has 0 fully saturated rings. The van der Waals surface area contributed by atoms with Crippen molar-refractivity contribution in [2.45, 2.75) is 6.92 Å². The molecule has 0 saturated carbocycles. The van der Waals surface area contributed by atoms with E-state index in [0.717, 1.165) is 16.0 Å². The third kappa shape index (κ3) is 2.22. The number of aryl methyl sites for hydroxylation is 1. The third-order valence-electron chi connectivity index (χ3n) is 2.64. The lowest BCUT2D eigenvalue weighted by Gasteiger charge is -1.93. The predicted molar refractivity (Wildman–Crippen MR) is 74.5 cm³/mol. The molecule has 0 atom stereocenters. The Morgan fingerprint density at radius 1 is 1.26 bits per heavy atom. The Kier molecular flexibility index (Phi) is 3.00. The maximum atomic E-state index is 9.25. The van der Waals surface area contributed by atoms with Crippen LogP contribution >= 0.6 is 22.9 Å². The van der Waals surface area contributed by atoms with Gasteiger partial charge in [-0.25, -0.2) is 0 Å². The standard InChI is InChI=1S/C13H9ClN2O2S/c1-7-6-19-11(10(7)14)13-15-12(16-18-13)8-2-4-9(17)5-3-8/h2-6,17H,1H3. The lowest BCUT2D eigenvalue weighted by atomic mass is 10.2. The fraction of sp³-hybridized carbons (Fsp3) is 0.0769. The number of hydrogen-bond donors (Lipinski definition) is 1. The molecule has 1 aromatic carbocycles. The van der Waals surface area contributed by atoms with Gasteiger partial charge in [0.2, 0.25) is 5.82 Å². The van der Waals surface area contributed by atoms with Crippen molar-refractivity contribution >= 4 is 22.9 Å². The highest BCUT2D eigenvalue weighted by molar-refractivity contribution is 7.14. The first kappa shape index (κ1) is 12.2. The van der Waals surface area contributed by atoms with Crippen LogP contribution in [0.25, 0.3) is 22.2 Å². The highest BCUT2D eigenvalue weighted by Crippen LogP contribution is 2.36. The van der Waals surface area contributed by atoms with Gasteiger partial charge < -0.3 is 9.63 Å². The lowest BCUT2D eigenvalue weighted by Crippen LogP contribution is -1.80. The van der Waals surface area contributed by atoms with Crippen molar-refractivity contribution in [3.05, 3.63) is 40.2 Å². The smallest absolute Gasteiger partial charge is 0.269 e. The van der Waals surface area contributed by atoms with Crippen molar-refractivity contribution in [3.63, 3.8) is 0 Å². The van der Waals surface area contributed by atoms with E-state index in [9.17, 15) is 5.11 Å². The number of aromatic nitrogens is 2. The molecule has 2 aromatic heterocycles. The summed E-state index contributed by atoms with van der Waals surface area (Å²) in [6, 6.07) is 6.61. The number of benzene rings is 1. The largest absolute Gasteiger partial charge is 0.508 e. The summed E-state index contributed by atoms with van der Waals surface area (Å²) in [5.41, 5.74) is 1.77. The first-order valence-electron chi connectivity index (χ1n) is 5.52. The van der Waals surface area contributed by atoms with Gasteiger partial charge in [0.05, 0.1) is 5.02 Å². The highest BCUT2D eigenvalue weighted by atomic mass is 35.5. The molecule has 0 saturated heterocycles. The van der Waals surface area contributed by atoms with E-state index in [-0.39, 0.29) is 5.75 Å². The minimum atomic E-state index is 0.199. The van der Waals surface area contributed by atoms with Gasteiger partial charge in [0.1, 0.15) is 10.6 Å². The van der Waals surface area contributed by atoms with E-state index in [0.29, 0.717) is 16.7 Å². The number of hydrogen-bond acceptors (Lipinski definition) is 5. The second-order valence-corrected chi connectivity index (χ2v) is 5.29. The Labute approximate surface area is 118 Å². The van der Waals surface area contributed by atoms with Crippen LogP contribution in [0.5, 0.6) is 5.75 Å². The Bertz CT molecular complexity index is 719. The van der Waals surface area contributed by atoms with Gasteiger partial charge in [-0.1, -0.05) is 16.8 Å². The van der Waals surface area contributed by atoms with Crippen LogP contribution in [0.2, 0.25) is 5.02 Å². The summed E-state index contributed by atoms with van der Waals surface area (Å²) >= 11 is 7.64. The fourth-order valence-corrected chi connectivity index (χ4v) is 2.81. The molecule has 0 aliphatic rings. The maximum absolute atomic E-state index is 9.25. The first-order chi connectivity index (χ1) is 9.15. The Hall–Kier alpha value is -1.85. The number of rotatable bonds is 2. The van der Waals surface area contributed by atoms with Crippen LogP contribution in [0.4, 0.5) is 0 Å². The molecule has 2 heterocycles. The fourth-order valence-electron chi connectivity index (χ4n) is 1.62. The molecule has 1 N–H and O–H groups in total. The topological polar surface area (TPSA) is 59.2 Å². The van der Waals surface area contributed by atoms with Gasteiger partial charge in [0, 0.05) is 5.56 Å². The summed E-state index contributed by atoms with van der Waals surface area (Å²) in [7, 11) is 0. The van der Waals surface area contributed by atoms with Crippen LogP contribution in [0, 0.1) is 6.92 Å². The Balaban J connectivity index is 2.00. The number of thiophene rings is 1. The number of nitrogens with zero attached hydrogens (tertiary/aromatic N) is 2. The minimum absolute atomic E-state index is 0.199. The summed E-state index contributed by atoms with van der Waals surface area (Å²) in [5.74, 6) is 1.08. The van der Waals surface area contributed by atoms with Crippen LogP contribution in [-0.4, -0.2) is 15.2 Å². The van der Waals surface area contributed by atoms with Gasteiger partial charge in [-0.2, -0.15) is 4.98 Å². The number of phenolic OH excluding ortho intramolecular Hbond substituents is 1. The molecule has 0 aliphatic carbocycles. The second-order valence-electron chi connectivity index (χ2n) is 4.03. The van der Waals surface area contributed by atoms with E-state index in [1.807, 2.05) is 12.3 Å². The highest BCUT2D eigenvalue weighted by Gasteiger charge is 2.16. The summed E-state index contributed by atoms with van der Waals surface area (Å²) in [6.07, 6.45) is 0. The Morgan fingerprint density at radius 2 is 2.00 bits per heavy atom. The summed E-state index contributed by atoms with van der Waals surface area (Å²) in [5, 5.41) is 15.8. The molecule has 96 valence electrons. The molecule has 0 bridgehead atoms. The van der Waals surface area contributed by atoms with Gasteiger partial charge in [0.25, 0.3) is 5.89 Å². The average Bonchev–Trinajstić information content (AvgIpc) is 2.99. The van der Waals surface area contributed by atoms with Crippen LogP contribution in [-0.2, 0) is 0 Å². The maximum Gasteiger partial charge on any atom is 0.269 e. The molecule has 0 spiro atoms.